The van der Waals surface area contributed by atoms with Crippen LogP contribution in [0.5, 0.6) is 0 Å². The highest BCUT2D eigenvalue weighted by molar-refractivity contribution is 5.98. The average Bonchev–Trinajstić information content (AvgIpc) is 3.22. The van der Waals surface area contributed by atoms with E-state index in [1.807, 2.05) is 0 Å². The van der Waals surface area contributed by atoms with Crippen LogP contribution in [0.2, 0.25) is 0 Å². The first-order valence-corrected chi connectivity index (χ1v) is 9.71. The summed E-state index contributed by atoms with van der Waals surface area (Å²) in [5.74, 6) is 0.168. The van der Waals surface area contributed by atoms with E-state index in [1.165, 1.54) is 19.3 Å². The van der Waals surface area contributed by atoms with Crippen LogP contribution in [0.15, 0.2) is 24.3 Å². The largest absolute Gasteiger partial charge is 0.368 e. The summed E-state index contributed by atoms with van der Waals surface area (Å²) in [4.78, 5) is 24.8. The quantitative estimate of drug-likeness (QED) is 0.690. The maximum Gasteiger partial charge on any atom is 0.253 e. The maximum atomic E-state index is 12.6. The zero-order valence-corrected chi connectivity index (χ0v) is 16.4. The number of carbonyl (C=O) groups is 2. The normalized spacial score (nSPS) is 21.1. The lowest BCUT2D eigenvalue weighted by Gasteiger charge is -2.30. The number of anilines is 1. The summed E-state index contributed by atoms with van der Waals surface area (Å²) in [6.45, 7) is 1.08. The number of nitrogens with two attached hydrogens (primary N) is 1. The Hall–Kier alpha value is -1.63. The minimum atomic E-state index is -0.389. The first-order valence-electron chi connectivity index (χ1n) is 9.71. The number of ether oxygens (including phenoxy) is 1. The number of hydrogen-bond acceptors (Lipinski definition) is 4. The molecule has 1 aliphatic carbocycles. The lowest BCUT2D eigenvalue weighted by atomic mass is 9.84. The number of amides is 2. The minimum Gasteiger partial charge on any atom is -0.368 e. The summed E-state index contributed by atoms with van der Waals surface area (Å²) in [6, 6.07) is 7.03. The molecular weight excluding hydrogens is 366 g/mol. The Morgan fingerprint density at radius 2 is 1.93 bits per heavy atom. The van der Waals surface area contributed by atoms with E-state index in [2.05, 4.69) is 10.6 Å². The Morgan fingerprint density at radius 3 is 2.59 bits per heavy atom. The summed E-state index contributed by atoms with van der Waals surface area (Å²) >= 11 is 0. The van der Waals surface area contributed by atoms with Crippen LogP contribution in [0.25, 0.3) is 0 Å². The van der Waals surface area contributed by atoms with E-state index in [4.69, 9.17) is 10.5 Å². The van der Waals surface area contributed by atoms with Crippen molar-refractivity contribution < 1.29 is 14.3 Å². The van der Waals surface area contributed by atoms with Gasteiger partial charge in [0.2, 0.25) is 0 Å². The molecule has 0 bridgehead atoms. The summed E-state index contributed by atoms with van der Waals surface area (Å²) in [7, 11) is 0. The molecule has 2 atom stereocenters. The fourth-order valence-electron chi connectivity index (χ4n) is 3.90. The molecule has 2 fully saturated rings. The predicted molar refractivity (Wildman–Crippen MR) is 108 cm³/mol. The van der Waals surface area contributed by atoms with Gasteiger partial charge < -0.3 is 21.1 Å². The number of carbonyl (C=O) groups excluding carboxylic acids is 2. The van der Waals surface area contributed by atoms with Gasteiger partial charge in [0.25, 0.3) is 11.8 Å². The topological polar surface area (TPSA) is 93.5 Å². The molecule has 3 rings (SSSR count). The molecule has 2 unspecified atom stereocenters. The zero-order chi connectivity index (χ0) is 18.4. The molecule has 0 aromatic heterocycles. The van der Waals surface area contributed by atoms with Gasteiger partial charge in [-0.1, -0.05) is 25.3 Å². The van der Waals surface area contributed by atoms with Crippen LogP contribution in [0.4, 0.5) is 5.69 Å². The van der Waals surface area contributed by atoms with Crippen molar-refractivity contribution >= 4 is 29.9 Å². The van der Waals surface area contributed by atoms with Gasteiger partial charge in [-0.05, 0) is 49.8 Å². The third-order valence-electron chi connectivity index (χ3n) is 5.40. The fourth-order valence-corrected chi connectivity index (χ4v) is 3.90. The fraction of sp³-hybridized carbons (Fsp3) is 0.600. The van der Waals surface area contributed by atoms with E-state index in [9.17, 15) is 9.59 Å². The van der Waals surface area contributed by atoms with E-state index >= 15 is 0 Å². The van der Waals surface area contributed by atoms with Gasteiger partial charge in [0.1, 0.15) is 6.10 Å². The molecule has 1 heterocycles. The van der Waals surface area contributed by atoms with Crippen molar-refractivity contribution in [3.8, 4) is 0 Å². The van der Waals surface area contributed by atoms with E-state index in [0.29, 0.717) is 30.3 Å². The van der Waals surface area contributed by atoms with Gasteiger partial charge in [-0.15, -0.1) is 12.4 Å². The molecule has 6 nitrogen and oxygen atoms in total. The van der Waals surface area contributed by atoms with Crippen molar-refractivity contribution in [1.29, 1.82) is 0 Å². The highest BCUT2D eigenvalue weighted by Gasteiger charge is 2.25. The van der Waals surface area contributed by atoms with Gasteiger partial charge in [-0.2, -0.15) is 0 Å². The SMILES string of the molecule is Cl.NCC(NC(=O)c1cccc(NC(=O)C2CCCO2)c1)C1CCCCC1. The van der Waals surface area contributed by atoms with E-state index in [0.717, 1.165) is 25.7 Å². The first kappa shape index (κ1) is 21.7. The second kappa shape index (κ2) is 10.6. The standard InChI is InChI=1S/C20H29N3O3.ClH/c21-13-17(14-6-2-1-3-7-14)23-19(24)15-8-4-9-16(12-15)22-20(25)18-10-5-11-26-18;/h4,8-9,12,14,17-18H,1-3,5-7,10-11,13,21H2,(H,22,25)(H,23,24);1H. The number of hydrogen-bond donors (Lipinski definition) is 3. The van der Waals surface area contributed by atoms with Crippen molar-refractivity contribution in [3.05, 3.63) is 29.8 Å². The summed E-state index contributed by atoms with van der Waals surface area (Å²) < 4.78 is 5.39. The van der Waals surface area contributed by atoms with Crippen LogP contribution in [-0.2, 0) is 9.53 Å². The average molecular weight is 396 g/mol. The Morgan fingerprint density at radius 1 is 1.15 bits per heavy atom. The lowest BCUT2D eigenvalue weighted by molar-refractivity contribution is -0.124. The molecule has 27 heavy (non-hydrogen) atoms. The number of benzene rings is 1. The van der Waals surface area contributed by atoms with E-state index in [-0.39, 0.29) is 36.4 Å². The number of nitrogens with one attached hydrogen (secondary N) is 2. The molecule has 0 spiro atoms. The van der Waals surface area contributed by atoms with Crippen LogP contribution < -0.4 is 16.4 Å². The van der Waals surface area contributed by atoms with Crippen molar-refractivity contribution in [1.82, 2.24) is 5.32 Å². The van der Waals surface area contributed by atoms with Crippen molar-refractivity contribution in [2.75, 3.05) is 18.5 Å². The summed E-state index contributed by atoms with van der Waals surface area (Å²) in [5.41, 5.74) is 7.05. The van der Waals surface area contributed by atoms with Crippen LogP contribution in [0.1, 0.15) is 55.3 Å². The molecule has 0 radical (unpaired) electrons. The molecule has 2 amide bonds. The Kier molecular flexibility index (Phi) is 8.54. The first-order chi connectivity index (χ1) is 12.7. The second-order valence-electron chi connectivity index (χ2n) is 7.29. The molecule has 2 aliphatic rings. The van der Waals surface area contributed by atoms with E-state index < -0.39 is 0 Å². The molecule has 1 saturated carbocycles. The highest BCUT2D eigenvalue weighted by atomic mass is 35.5. The van der Waals surface area contributed by atoms with Crippen molar-refractivity contribution in [2.45, 2.75) is 57.1 Å². The summed E-state index contributed by atoms with van der Waals surface area (Å²) in [6.07, 6.45) is 7.20. The number of rotatable bonds is 6. The maximum absolute atomic E-state index is 12.6. The molecular formula is C20H30ClN3O3. The molecule has 1 saturated heterocycles. The smallest absolute Gasteiger partial charge is 0.253 e. The van der Waals surface area contributed by atoms with Crippen molar-refractivity contribution in [2.24, 2.45) is 11.7 Å². The third-order valence-corrected chi connectivity index (χ3v) is 5.40. The predicted octanol–water partition coefficient (Wildman–Crippen LogP) is 2.86. The molecule has 4 N–H and O–H groups in total. The van der Waals surface area contributed by atoms with Crippen LogP contribution in [0.3, 0.4) is 0 Å². The third kappa shape index (κ3) is 5.92. The lowest BCUT2D eigenvalue weighted by Crippen LogP contribution is -2.45. The van der Waals surface area contributed by atoms with E-state index in [1.54, 1.807) is 24.3 Å². The second-order valence-corrected chi connectivity index (χ2v) is 7.29. The van der Waals surface area contributed by atoms with Gasteiger partial charge in [0, 0.05) is 30.4 Å². The Balaban J connectivity index is 0.00000261. The Bertz CT molecular complexity index is 629. The molecule has 1 aromatic rings. The monoisotopic (exact) mass is 395 g/mol. The van der Waals surface area contributed by atoms with Crippen molar-refractivity contribution in [3.63, 3.8) is 0 Å². The van der Waals surface area contributed by atoms with Gasteiger partial charge in [-0.3, -0.25) is 9.59 Å². The zero-order valence-electron chi connectivity index (χ0n) is 15.6. The van der Waals surface area contributed by atoms with Crippen LogP contribution in [-0.4, -0.2) is 37.1 Å². The Labute approximate surface area is 167 Å². The molecule has 1 aliphatic heterocycles. The highest BCUT2D eigenvalue weighted by Crippen LogP contribution is 2.26. The van der Waals surface area contributed by atoms with Crippen LogP contribution in [0, 0.1) is 5.92 Å². The molecule has 150 valence electrons. The molecule has 1 aromatic carbocycles. The van der Waals surface area contributed by atoms with Crippen LogP contribution >= 0.6 is 12.4 Å². The van der Waals surface area contributed by atoms with Gasteiger partial charge in [-0.25, -0.2) is 0 Å². The number of halogens is 1. The van der Waals surface area contributed by atoms with Gasteiger partial charge in [0.05, 0.1) is 0 Å². The van der Waals surface area contributed by atoms with Gasteiger partial charge in [0.15, 0.2) is 0 Å². The summed E-state index contributed by atoms with van der Waals surface area (Å²) in [5, 5.41) is 5.93. The van der Waals surface area contributed by atoms with Gasteiger partial charge >= 0.3 is 0 Å². The minimum absolute atomic E-state index is 0. The molecule has 7 heteroatoms.